The summed E-state index contributed by atoms with van der Waals surface area (Å²) in [4.78, 5) is 20.0. The number of hydrogen-bond donors (Lipinski definition) is 0. The van der Waals surface area contributed by atoms with E-state index >= 15 is 0 Å². The van der Waals surface area contributed by atoms with Crippen molar-refractivity contribution in [3.8, 4) is 11.3 Å². The van der Waals surface area contributed by atoms with Crippen molar-refractivity contribution in [2.24, 2.45) is 0 Å². The molecule has 0 fully saturated rings. The second-order valence-electron chi connectivity index (χ2n) is 3.64. The van der Waals surface area contributed by atoms with E-state index in [1.165, 1.54) is 6.33 Å². The molecule has 88 valence electrons. The molecule has 0 amide bonds. The highest BCUT2D eigenvalue weighted by molar-refractivity contribution is 9.10. The van der Waals surface area contributed by atoms with E-state index in [1.54, 1.807) is 10.8 Å². The number of hydrogen-bond acceptors (Lipinski definition) is 3. The summed E-state index contributed by atoms with van der Waals surface area (Å²) in [6.45, 7) is 4.52. The second kappa shape index (κ2) is 4.79. The molecule has 0 radical (unpaired) electrons. The van der Waals surface area contributed by atoms with Crippen LogP contribution in [0.4, 0.5) is 0 Å². The van der Waals surface area contributed by atoms with Gasteiger partial charge in [0.15, 0.2) is 0 Å². The Kier molecular flexibility index (Phi) is 3.38. The van der Waals surface area contributed by atoms with Crippen LogP contribution < -0.4 is 5.56 Å². The first-order chi connectivity index (χ1) is 8.15. The van der Waals surface area contributed by atoms with Crippen molar-refractivity contribution in [1.29, 1.82) is 0 Å². The molecule has 5 heteroatoms. The summed E-state index contributed by atoms with van der Waals surface area (Å²) >= 11 is 3.29. The Bertz CT molecular complexity index is 593. The molecule has 2 rings (SSSR count). The van der Waals surface area contributed by atoms with E-state index < -0.39 is 0 Å². The van der Waals surface area contributed by atoms with Gasteiger partial charge in [0.05, 0.1) is 10.2 Å². The maximum absolute atomic E-state index is 11.9. The standard InChI is InChI=1S/C12H12BrN3O/c1-3-16-8(2)9(6-10(13)12(16)17)11-4-5-14-7-15-11/h4-7H,3H2,1-2H3. The van der Waals surface area contributed by atoms with Crippen LogP contribution in [0, 0.1) is 6.92 Å². The highest BCUT2D eigenvalue weighted by Crippen LogP contribution is 2.22. The molecule has 0 atom stereocenters. The summed E-state index contributed by atoms with van der Waals surface area (Å²) < 4.78 is 2.28. The Morgan fingerprint density at radius 3 is 2.82 bits per heavy atom. The van der Waals surface area contributed by atoms with Gasteiger partial charge in [0, 0.05) is 24.0 Å². The SMILES string of the molecule is CCn1c(C)c(-c2ccncn2)cc(Br)c1=O. The average Bonchev–Trinajstić information content (AvgIpc) is 2.36. The molecule has 0 aromatic carbocycles. The monoisotopic (exact) mass is 293 g/mol. The van der Waals surface area contributed by atoms with E-state index in [4.69, 9.17) is 0 Å². The minimum atomic E-state index is -0.0113. The summed E-state index contributed by atoms with van der Waals surface area (Å²) in [7, 11) is 0. The fraction of sp³-hybridized carbons (Fsp3) is 0.250. The van der Waals surface area contributed by atoms with Gasteiger partial charge in [0.1, 0.15) is 6.33 Å². The molecule has 0 saturated carbocycles. The van der Waals surface area contributed by atoms with Crippen LogP contribution in [0.3, 0.4) is 0 Å². The van der Waals surface area contributed by atoms with E-state index in [9.17, 15) is 4.79 Å². The van der Waals surface area contributed by atoms with E-state index in [-0.39, 0.29) is 5.56 Å². The normalized spacial score (nSPS) is 10.5. The van der Waals surface area contributed by atoms with Gasteiger partial charge in [-0.3, -0.25) is 4.79 Å². The van der Waals surface area contributed by atoms with E-state index in [0.717, 1.165) is 17.0 Å². The molecular formula is C12H12BrN3O. The summed E-state index contributed by atoms with van der Waals surface area (Å²) in [5.41, 5.74) is 2.67. The first kappa shape index (κ1) is 12.0. The third-order valence-corrected chi connectivity index (χ3v) is 3.26. The number of nitrogens with zero attached hydrogens (tertiary/aromatic N) is 3. The Morgan fingerprint density at radius 1 is 1.47 bits per heavy atom. The van der Waals surface area contributed by atoms with Crippen LogP contribution in [0.1, 0.15) is 12.6 Å². The van der Waals surface area contributed by atoms with Crippen molar-refractivity contribution < 1.29 is 0 Å². The lowest BCUT2D eigenvalue weighted by Crippen LogP contribution is -2.22. The molecule has 0 spiro atoms. The molecule has 0 aliphatic rings. The maximum atomic E-state index is 11.9. The Balaban J connectivity index is 2.72. The van der Waals surface area contributed by atoms with Gasteiger partial charge in [-0.15, -0.1) is 0 Å². The first-order valence-electron chi connectivity index (χ1n) is 5.31. The Morgan fingerprint density at radius 2 is 2.24 bits per heavy atom. The van der Waals surface area contributed by atoms with Gasteiger partial charge >= 0.3 is 0 Å². The highest BCUT2D eigenvalue weighted by atomic mass is 79.9. The van der Waals surface area contributed by atoms with Crippen molar-refractivity contribution in [2.75, 3.05) is 0 Å². The van der Waals surface area contributed by atoms with Crippen molar-refractivity contribution in [3.05, 3.63) is 45.2 Å². The smallest absolute Gasteiger partial charge is 0.265 e. The summed E-state index contributed by atoms with van der Waals surface area (Å²) in [6.07, 6.45) is 3.20. The topological polar surface area (TPSA) is 47.8 Å². The maximum Gasteiger partial charge on any atom is 0.265 e. The van der Waals surface area contributed by atoms with Crippen LogP contribution in [-0.2, 0) is 6.54 Å². The van der Waals surface area contributed by atoms with Gasteiger partial charge in [-0.2, -0.15) is 0 Å². The summed E-state index contributed by atoms with van der Waals surface area (Å²) in [5, 5.41) is 0. The molecule has 0 aliphatic carbocycles. The third-order valence-electron chi connectivity index (χ3n) is 2.69. The molecule has 0 unspecified atom stereocenters. The molecular weight excluding hydrogens is 282 g/mol. The fourth-order valence-electron chi connectivity index (χ4n) is 1.81. The minimum Gasteiger partial charge on any atom is -0.312 e. The van der Waals surface area contributed by atoms with Gasteiger partial charge in [-0.1, -0.05) is 0 Å². The predicted molar refractivity (Wildman–Crippen MR) is 69.8 cm³/mol. The van der Waals surface area contributed by atoms with Crippen LogP contribution in [0.15, 0.2) is 33.9 Å². The number of rotatable bonds is 2. The van der Waals surface area contributed by atoms with E-state index in [2.05, 4.69) is 25.9 Å². The molecule has 17 heavy (non-hydrogen) atoms. The zero-order chi connectivity index (χ0) is 12.4. The highest BCUT2D eigenvalue weighted by Gasteiger charge is 2.11. The Labute approximate surface area is 107 Å². The van der Waals surface area contributed by atoms with Gasteiger partial charge in [0.2, 0.25) is 0 Å². The minimum absolute atomic E-state index is 0.0113. The van der Waals surface area contributed by atoms with Crippen LogP contribution in [0.2, 0.25) is 0 Å². The van der Waals surface area contributed by atoms with Crippen LogP contribution >= 0.6 is 15.9 Å². The molecule has 0 saturated heterocycles. The molecule has 2 aromatic heterocycles. The van der Waals surface area contributed by atoms with Crippen LogP contribution in [0.25, 0.3) is 11.3 Å². The van der Waals surface area contributed by atoms with E-state index in [1.807, 2.05) is 26.0 Å². The zero-order valence-electron chi connectivity index (χ0n) is 9.64. The van der Waals surface area contributed by atoms with Crippen LogP contribution in [0.5, 0.6) is 0 Å². The van der Waals surface area contributed by atoms with Gasteiger partial charge < -0.3 is 4.57 Å². The number of aromatic nitrogens is 3. The van der Waals surface area contributed by atoms with Crippen molar-refractivity contribution in [2.45, 2.75) is 20.4 Å². The van der Waals surface area contributed by atoms with Crippen molar-refractivity contribution >= 4 is 15.9 Å². The lowest BCUT2D eigenvalue weighted by Gasteiger charge is -2.12. The number of halogens is 1. The molecule has 2 aromatic rings. The lowest BCUT2D eigenvalue weighted by atomic mass is 10.1. The third kappa shape index (κ3) is 2.15. The van der Waals surface area contributed by atoms with Gasteiger partial charge in [-0.25, -0.2) is 9.97 Å². The molecule has 0 bridgehead atoms. The average molecular weight is 294 g/mol. The number of pyridine rings is 1. The molecule has 4 nitrogen and oxygen atoms in total. The van der Waals surface area contributed by atoms with Crippen molar-refractivity contribution in [1.82, 2.24) is 14.5 Å². The van der Waals surface area contributed by atoms with Crippen LogP contribution in [-0.4, -0.2) is 14.5 Å². The largest absolute Gasteiger partial charge is 0.312 e. The molecule has 0 aliphatic heterocycles. The van der Waals surface area contributed by atoms with Crippen molar-refractivity contribution in [3.63, 3.8) is 0 Å². The quantitative estimate of drug-likeness (QED) is 0.854. The van der Waals surface area contributed by atoms with Gasteiger partial charge in [0.25, 0.3) is 5.56 Å². The Hall–Kier alpha value is -1.49. The van der Waals surface area contributed by atoms with E-state index in [0.29, 0.717) is 11.0 Å². The second-order valence-corrected chi connectivity index (χ2v) is 4.49. The first-order valence-corrected chi connectivity index (χ1v) is 6.10. The molecule has 2 heterocycles. The summed E-state index contributed by atoms with van der Waals surface area (Å²) in [6, 6.07) is 3.64. The lowest BCUT2D eigenvalue weighted by molar-refractivity contribution is 0.698. The zero-order valence-corrected chi connectivity index (χ0v) is 11.2. The molecule has 0 N–H and O–H groups in total. The fourth-order valence-corrected chi connectivity index (χ4v) is 2.25. The predicted octanol–water partition coefficient (Wildman–Crippen LogP) is 2.40. The van der Waals surface area contributed by atoms with Gasteiger partial charge in [-0.05, 0) is 41.9 Å². The summed E-state index contributed by atoms with van der Waals surface area (Å²) in [5.74, 6) is 0.